The van der Waals surface area contributed by atoms with Gasteiger partial charge in [0.1, 0.15) is 16.7 Å². The normalized spacial score (nSPS) is 10.7. The van der Waals surface area contributed by atoms with E-state index in [1.54, 1.807) is 37.4 Å². The van der Waals surface area contributed by atoms with Gasteiger partial charge in [0, 0.05) is 26.1 Å². The van der Waals surface area contributed by atoms with Gasteiger partial charge in [-0.25, -0.2) is 9.37 Å². The first-order chi connectivity index (χ1) is 14.8. The zero-order valence-electron chi connectivity index (χ0n) is 17.2. The first-order valence-corrected chi connectivity index (χ1v) is 10.2. The fourth-order valence-electron chi connectivity index (χ4n) is 3.22. The van der Waals surface area contributed by atoms with Crippen LogP contribution in [0.5, 0.6) is 5.75 Å². The first-order valence-electron chi connectivity index (χ1n) is 9.83. The first kappa shape index (κ1) is 22.4. The minimum atomic E-state index is -0.544. The summed E-state index contributed by atoms with van der Waals surface area (Å²) in [5, 5.41) is 10.8. The number of phenolic OH excluding ortho intramolecular Hbond substituents is 1. The number of hydrogen-bond acceptors (Lipinski definition) is 4. The van der Waals surface area contributed by atoms with Crippen LogP contribution in [0.3, 0.4) is 0 Å². The lowest BCUT2D eigenvalue weighted by molar-refractivity contribution is -0.118. The minimum absolute atomic E-state index is 0.167. The molecule has 0 saturated heterocycles. The summed E-state index contributed by atoms with van der Waals surface area (Å²) in [6.07, 6.45) is 2.57. The summed E-state index contributed by atoms with van der Waals surface area (Å²) >= 11 is 5.76. The van der Waals surface area contributed by atoms with Crippen LogP contribution in [0.4, 0.5) is 10.1 Å². The highest BCUT2D eigenvalue weighted by atomic mass is 35.5. The highest BCUT2D eigenvalue weighted by Crippen LogP contribution is 2.30. The molecule has 0 saturated carbocycles. The molecule has 5 nitrogen and oxygen atoms in total. The summed E-state index contributed by atoms with van der Waals surface area (Å²) < 4.78 is 14.6. The van der Waals surface area contributed by atoms with Crippen LogP contribution in [0.1, 0.15) is 35.7 Å². The van der Waals surface area contributed by atoms with Gasteiger partial charge in [-0.3, -0.25) is 9.59 Å². The van der Waals surface area contributed by atoms with E-state index in [0.717, 1.165) is 5.56 Å². The molecular formula is C24H22ClFN2O3. The maximum atomic E-state index is 14.6. The Morgan fingerprint density at radius 1 is 1.10 bits per heavy atom. The molecule has 3 rings (SSSR count). The number of hydrogen-bond donors (Lipinski definition) is 1. The second-order valence-electron chi connectivity index (χ2n) is 7.12. The lowest BCUT2D eigenvalue weighted by Gasteiger charge is -2.18. The fraction of sp³-hybridized carbons (Fsp3) is 0.208. The molecule has 160 valence electrons. The van der Waals surface area contributed by atoms with E-state index in [-0.39, 0.29) is 41.5 Å². The van der Waals surface area contributed by atoms with E-state index < -0.39 is 5.82 Å². The molecule has 0 unspecified atom stereocenters. The number of halogens is 2. The molecule has 1 amide bonds. The quantitative estimate of drug-likeness (QED) is 0.392. The van der Waals surface area contributed by atoms with E-state index in [0.29, 0.717) is 22.7 Å². The molecule has 1 N–H and O–H groups in total. The molecule has 0 radical (unpaired) electrons. The number of aryl methyl sites for hydroxylation is 1. The Morgan fingerprint density at radius 2 is 1.81 bits per heavy atom. The molecule has 31 heavy (non-hydrogen) atoms. The molecular weight excluding hydrogens is 419 g/mol. The molecule has 0 spiro atoms. The average molecular weight is 441 g/mol. The van der Waals surface area contributed by atoms with Crippen molar-refractivity contribution in [3.63, 3.8) is 0 Å². The Morgan fingerprint density at radius 3 is 2.42 bits per heavy atom. The van der Waals surface area contributed by atoms with Crippen LogP contribution in [0.2, 0.25) is 5.15 Å². The molecule has 1 aromatic heterocycles. The van der Waals surface area contributed by atoms with E-state index in [2.05, 4.69) is 4.98 Å². The number of carbonyl (C=O) groups is 2. The molecule has 0 aliphatic heterocycles. The van der Waals surface area contributed by atoms with E-state index in [9.17, 15) is 19.1 Å². The van der Waals surface area contributed by atoms with Gasteiger partial charge in [-0.15, -0.1) is 0 Å². The number of Topliss-reactive ketones (excluding diaryl/α,β-unsaturated/α-hetero) is 1. The molecule has 1 heterocycles. The number of aromatic nitrogens is 1. The maximum Gasteiger partial charge on any atom is 0.226 e. The summed E-state index contributed by atoms with van der Waals surface area (Å²) in [6.45, 7) is 1.71. The molecule has 0 aliphatic carbocycles. The number of rotatable bonds is 7. The molecule has 0 aliphatic rings. The largest absolute Gasteiger partial charge is 0.507 e. The molecule has 0 fully saturated rings. The smallest absolute Gasteiger partial charge is 0.226 e. The maximum absolute atomic E-state index is 14.6. The van der Waals surface area contributed by atoms with Crippen molar-refractivity contribution in [2.24, 2.45) is 0 Å². The highest BCUT2D eigenvalue weighted by Gasteiger charge is 2.16. The average Bonchev–Trinajstić information content (AvgIpc) is 2.77. The highest BCUT2D eigenvalue weighted by molar-refractivity contribution is 6.29. The Labute approximate surface area is 185 Å². The fourth-order valence-corrected chi connectivity index (χ4v) is 3.34. The molecule has 0 bridgehead atoms. The Balaban J connectivity index is 1.75. The van der Waals surface area contributed by atoms with Crippen molar-refractivity contribution in [2.75, 3.05) is 11.9 Å². The van der Waals surface area contributed by atoms with Crippen molar-refractivity contribution in [1.29, 1.82) is 0 Å². The van der Waals surface area contributed by atoms with Gasteiger partial charge in [0.2, 0.25) is 5.91 Å². The monoisotopic (exact) mass is 440 g/mol. The number of amides is 1. The zero-order valence-corrected chi connectivity index (χ0v) is 18.0. The van der Waals surface area contributed by atoms with E-state index >= 15 is 0 Å². The molecule has 2 aromatic carbocycles. The summed E-state index contributed by atoms with van der Waals surface area (Å²) in [5.74, 6) is -1.11. The Bertz CT molecular complexity index is 1120. The summed E-state index contributed by atoms with van der Waals surface area (Å²) in [7, 11) is 1.52. The van der Waals surface area contributed by atoms with E-state index in [1.165, 1.54) is 36.2 Å². The third-order valence-corrected chi connectivity index (χ3v) is 5.27. The predicted molar refractivity (Wildman–Crippen MR) is 119 cm³/mol. The van der Waals surface area contributed by atoms with Gasteiger partial charge in [-0.2, -0.15) is 0 Å². The lowest BCUT2D eigenvalue weighted by atomic mass is 9.98. The second-order valence-corrected chi connectivity index (χ2v) is 7.50. The summed E-state index contributed by atoms with van der Waals surface area (Å²) in [5.41, 5.74) is 2.35. The van der Waals surface area contributed by atoms with Gasteiger partial charge >= 0.3 is 0 Å². The van der Waals surface area contributed by atoms with Crippen molar-refractivity contribution in [1.82, 2.24) is 4.98 Å². The van der Waals surface area contributed by atoms with Crippen molar-refractivity contribution < 1.29 is 19.1 Å². The topological polar surface area (TPSA) is 70.5 Å². The van der Waals surface area contributed by atoms with Crippen molar-refractivity contribution in [3.8, 4) is 16.9 Å². The van der Waals surface area contributed by atoms with Crippen LogP contribution < -0.4 is 4.90 Å². The number of pyridine rings is 1. The molecule has 0 atom stereocenters. The number of carbonyl (C=O) groups excluding carboxylic acids is 2. The molecule has 3 aromatic rings. The van der Waals surface area contributed by atoms with Gasteiger partial charge in [0.15, 0.2) is 5.78 Å². The minimum Gasteiger partial charge on any atom is -0.507 e. The Kier molecular flexibility index (Phi) is 7.02. The molecule has 7 heteroatoms. The van der Waals surface area contributed by atoms with E-state index in [4.69, 9.17) is 11.6 Å². The summed E-state index contributed by atoms with van der Waals surface area (Å²) in [4.78, 5) is 29.6. The van der Waals surface area contributed by atoms with Gasteiger partial charge in [0.05, 0.1) is 11.3 Å². The summed E-state index contributed by atoms with van der Waals surface area (Å²) in [6, 6.07) is 12.6. The SMILES string of the molecule is CCC(=O)N(C)c1ccc(-c2ccc(C(=O)CCc3ccc(Cl)nc3)c(O)c2)cc1F. The predicted octanol–water partition coefficient (Wildman–Crippen LogP) is 5.44. The third-order valence-electron chi connectivity index (χ3n) is 5.05. The van der Waals surface area contributed by atoms with E-state index in [1.807, 2.05) is 0 Å². The number of anilines is 1. The van der Waals surface area contributed by atoms with Crippen LogP contribution >= 0.6 is 11.6 Å². The second kappa shape index (κ2) is 9.71. The van der Waals surface area contributed by atoms with Gasteiger partial charge < -0.3 is 10.0 Å². The van der Waals surface area contributed by atoms with Crippen molar-refractivity contribution in [2.45, 2.75) is 26.2 Å². The number of benzene rings is 2. The lowest BCUT2D eigenvalue weighted by Crippen LogP contribution is -2.25. The Hall–Kier alpha value is -3.25. The number of aromatic hydroxyl groups is 1. The number of phenols is 1. The van der Waals surface area contributed by atoms with Crippen LogP contribution in [-0.4, -0.2) is 28.8 Å². The zero-order chi connectivity index (χ0) is 22.5. The van der Waals surface area contributed by atoms with Crippen LogP contribution in [0, 0.1) is 5.82 Å². The third kappa shape index (κ3) is 5.27. The van der Waals surface area contributed by atoms with Gasteiger partial charge in [-0.05, 0) is 53.4 Å². The van der Waals surface area contributed by atoms with Gasteiger partial charge in [0.25, 0.3) is 0 Å². The van der Waals surface area contributed by atoms with Crippen molar-refractivity contribution in [3.05, 3.63) is 76.8 Å². The van der Waals surface area contributed by atoms with Crippen LogP contribution in [-0.2, 0) is 11.2 Å². The van der Waals surface area contributed by atoms with Crippen LogP contribution in [0.15, 0.2) is 54.7 Å². The van der Waals surface area contributed by atoms with Crippen LogP contribution in [0.25, 0.3) is 11.1 Å². The number of ketones is 1. The van der Waals surface area contributed by atoms with Gasteiger partial charge in [-0.1, -0.05) is 36.7 Å². The standard InChI is InChI=1S/C24H22ClFN2O3/c1-3-24(31)28(2)20-9-7-16(12-19(20)26)17-6-8-18(22(30)13-17)21(29)10-4-15-5-11-23(25)27-14-15/h5-9,11-14,30H,3-4,10H2,1-2H3. The van der Waals surface area contributed by atoms with Crippen molar-refractivity contribution >= 4 is 29.0 Å². The number of nitrogens with zero attached hydrogens (tertiary/aromatic N) is 2.